The summed E-state index contributed by atoms with van der Waals surface area (Å²) in [5.74, 6) is -0.534. The van der Waals surface area contributed by atoms with Crippen molar-refractivity contribution in [1.82, 2.24) is 15.2 Å². The van der Waals surface area contributed by atoms with E-state index < -0.39 is 5.91 Å². The maximum absolute atomic E-state index is 11.6. The maximum Gasteiger partial charge on any atom is 0.267 e. The SMILES string of the molecule is Cc1n[nH]c2cccc(-c3cc(C(N)=O)nc4ccccc34)c12. The van der Waals surface area contributed by atoms with Crippen LogP contribution in [0, 0.1) is 6.92 Å². The first kappa shape index (κ1) is 13.5. The minimum atomic E-state index is -0.534. The van der Waals surface area contributed by atoms with Gasteiger partial charge in [0.25, 0.3) is 5.91 Å². The van der Waals surface area contributed by atoms with Crippen LogP contribution in [0.2, 0.25) is 0 Å². The van der Waals surface area contributed by atoms with Gasteiger partial charge in [-0.15, -0.1) is 0 Å². The van der Waals surface area contributed by atoms with E-state index in [1.54, 1.807) is 6.07 Å². The van der Waals surface area contributed by atoms with Crippen molar-refractivity contribution in [1.29, 1.82) is 0 Å². The van der Waals surface area contributed by atoms with E-state index in [9.17, 15) is 4.79 Å². The van der Waals surface area contributed by atoms with E-state index in [1.807, 2.05) is 49.4 Å². The molecule has 0 aliphatic carbocycles. The lowest BCUT2D eigenvalue weighted by Crippen LogP contribution is -2.13. The van der Waals surface area contributed by atoms with Crippen molar-refractivity contribution in [3.8, 4) is 11.1 Å². The van der Waals surface area contributed by atoms with Gasteiger partial charge in [-0.05, 0) is 36.2 Å². The summed E-state index contributed by atoms with van der Waals surface area (Å²) in [4.78, 5) is 16.0. The number of H-pyrrole nitrogens is 1. The normalized spacial score (nSPS) is 11.2. The smallest absolute Gasteiger partial charge is 0.267 e. The monoisotopic (exact) mass is 302 g/mol. The van der Waals surface area contributed by atoms with Gasteiger partial charge in [0.2, 0.25) is 0 Å². The van der Waals surface area contributed by atoms with Crippen LogP contribution < -0.4 is 5.73 Å². The Morgan fingerprint density at radius 3 is 2.74 bits per heavy atom. The van der Waals surface area contributed by atoms with Crippen LogP contribution >= 0.6 is 0 Å². The van der Waals surface area contributed by atoms with Crippen molar-refractivity contribution >= 4 is 27.7 Å². The summed E-state index contributed by atoms with van der Waals surface area (Å²) in [5, 5.41) is 9.33. The molecule has 5 heteroatoms. The zero-order valence-electron chi connectivity index (χ0n) is 12.5. The second kappa shape index (κ2) is 4.91. The van der Waals surface area contributed by atoms with Gasteiger partial charge in [0.15, 0.2) is 0 Å². The molecular weight excluding hydrogens is 288 g/mol. The molecule has 4 rings (SSSR count). The molecule has 4 aromatic rings. The molecular formula is C18H14N4O. The quantitative estimate of drug-likeness (QED) is 0.596. The Morgan fingerprint density at radius 2 is 1.91 bits per heavy atom. The second-order valence-corrected chi connectivity index (χ2v) is 5.47. The summed E-state index contributed by atoms with van der Waals surface area (Å²) in [7, 11) is 0. The molecule has 0 bridgehead atoms. The summed E-state index contributed by atoms with van der Waals surface area (Å²) in [5.41, 5.74) is 10.3. The van der Waals surface area contributed by atoms with Crippen LogP contribution in [-0.4, -0.2) is 21.1 Å². The summed E-state index contributed by atoms with van der Waals surface area (Å²) < 4.78 is 0. The number of amides is 1. The van der Waals surface area contributed by atoms with Crippen LogP contribution in [-0.2, 0) is 0 Å². The molecule has 112 valence electrons. The third kappa shape index (κ3) is 2.05. The maximum atomic E-state index is 11.6. The van der Waals surface area contributed by atoms with Crippen LogP contribution in [0.25, 0.3) is 32.9 Å². The fourth-order valence-electron chi connectivity index (χ4n) is 2.98. The Labute approximate surface area is 132 Å². The van der Waals surface area contributed by atoms with Gasteiger partial charge in [-0.1, -0.05) is 30.3 Å². The molecule has 0 fully saturated rings. The van der Waals surface area contributed by atoms with E-state index in [0.29, 0.717) is 0 Å². The van der Waals surface area contributed by atoms with Gasteiger partial charge in [-0.25, -0.2) is 4.98 Å². The van der Waals surface area contributed by atoms with Crippen LogP contribution in [0.4, 0.5) is 0 Å². The van der Waals surface area contributed by atoms with Gasteiger partial charge in [-0.3, -0.25) is 9.89 Å². The lowest BCUT2D eigenvalue weighted by Gasteiger charge is -2.10. The first-order chi connectivity index (χ1) is 11.1. The van der Waals surface area contributed by atoms with E-state index >= 15 is 0 Å². The number of para-hydroxylation sites is 1. The number of fused-ring (bicyclic) bond motifs is 2. The summed E-state index contributed by atoms with van der Waals surface area (Å²) in [6, 6.07) is 15.5. The third-order valence-electron chi connectivity index (χ3n) is 4.03. The Balaban J connectivity index is 2.15. The zero-order chi connectivity index (χ0) is 16.0. The highest BCUT2D eigenvalue weighted by atomic mass is 16.1. The number of aromatic nitrogens is 3. The molecule has 0 spiro atoms. The molecule has 0 radical (unpaired) electrons. The number of pyridine rings is 1. The van der Waals surface area contributed by atoms with Gasteiger partial charge in [0, 0.05) is 10.8 Å². The van der Waals surface area contributed by atoms with Crippen LogP contribution in [0.3, 0.4) is 0 Å². The standard InChI is InChI=1S/C18H14N4O/c1-10-17-12(6-4-8-15(17)22-21-10)13-9-16(18(19)23)20-14-7-3-2-5-11(13)14/h2-9H,1H3,(H2,19,23)(H,21,22). The molecule has 5 nitrogen and oxygen atoms in total. The highest BCUT2D eigenvalue weighted by molar-refractivity contribution is 6.06. The molecule has 23 heavy (non-hydrogen) atoms. The number of nitrogens with zero attached hydrogens (tertiary/aromatic N) is 2. The van der Waals surface area contributed by atoms with Crippen molar-refractivity contribution in [3.63, 3.8) is 0 Å². The zero-order valence-corrected chi connectivity index (χ0v) is 12.5. The Kier molecular flexibility index (Phi) is 2.87. The Bertz CT molecular complexity index is 1070. The number of primary amides is 1. The third-order valence-corrected chi connectivity index (χ3v) is 4.03. The number of carbonyl (C=O) groups excluding carboxylic acids is 1. The second-order valence-electron chi connectivity index (χ2n) is 5.47. The highest BCUT2D eigenvalue weighted by Gasteiger charge is 2.15. The molecule has 0 saturated heterocycles. The number of rotatable bonds is 2. The number of aromatic amines is 1. The van der Waals surface area contributed by atoms with Crippen molar-refractivity contribution in [2.45, 2.75) is 6.92 Å². The predicted molar refractivity (Wildman–Crippen MR) is 90.1 cm³/mol. The molecule has 0 aliphatic heterocycles. The number of carbonyl (C=O) groups is 1. The summed E-state index contributed by atoms with van der Waals surface area (Å²) in [6.45, 7) is 1.96. The molecule has 1 amide bonds. The molecule has 0 saturated carbocycles. The number of aryl methyl sites for hydroxylation is 1. The number of nitrogens with one attached hydrogen (secondary N) is 1. The van der Waals surface area contributed by atoms with E-state index in [1.165, 1.54) is 0 Å². The minimum Gasteiger partial charge on any atom is -0.364 e. The topological polar surface area (TPSA) is 84.7 Å². The first-order valence-electron chi connectivity index (χ1n) is 7.29. The van der Waals surface area contributed by atoms with Crippen molar-refractivity contribution in [2.75, 3.05) is 0 Å². The molecule has 2 aromatic carbocycles. The number of hydrogen-bond donors (Lipinski definition) is 2. The number of benzene rings is 2. The average molecular weight is 302 g/mol. The fraction of sp³-hybridized carbons (Fsp3) is 0.0556. The molecule has 0 unspecified atom stereocenters. The number of hydrogen-bond acceptors (Lipinski definition) is 3. The first-order valence-corrected chi connectivity index (χ1v) is 7.29. The van der Waals surface area contributed by atoms with Crippen LogP contribution in [0.1, 0.15) is 16.2 Å². The van der Waals surface area contributed by atoms with Gasteiger partial charge in [-0.2, -0.15) is 5.10 Å². The Hall–Kier alpha value is -3.21. The largest absolute Gasteiger partial charge is 0.364 e. The Morgan fingerprint density at radius 1 is 1.09 bits per heavy atom. The molecule has 3 N–H and O–H groups in total. The van der Waals surface area contributed by atoms with Crippen molar-refractivity contribution < 1.29 is 4.79 Å². The number of nitrogens with two attached hydrogens (primary N) is 1. The highest BCUT2D eigenvalue weighted by Crippen LogP contribution is 2.34. The predicted octanol–water partition coefficient (Wildman–Crippen LogP) is 3.19. The molecule has 0 aliphatic rings. The summed E-state index contributed by atoms with van der Waals surface area (Å²) >= 11 is 0. The van der Waals surface area contributed by atoms with E-state index in [-0.39, 0.29) is 5.69 Å². The van der Waals surface area contributed by atoms with E-state index in [4.69, 9.17) is 5.73 Å². The average Bonchev–Trinajstić information content (AvgIpc) is 2.95. The van der Waals surface area contributed by atoms with Gasteiger partial charge < -0.3 is 5.73 Å². The lowest BCUT2D eigenvalue weighted by atomic mass is 9.96. The molecule has 2 heterocycles. The van der Waals surface area contributed by atoms with Crippen LogP contribution in [0.5, 0.6) is 0 Å². The summed E-state index contributed by atoms with van der Waals surface area (Å²) in [6.07, 6.45) is 0. The minimum absolute atomic E-state index is 0.261. The fourth-order valence-corrected chi connectivity index (χ4v) is 2.98. The lowest BCUT2D eigenvalue weighted by molar-refractivity contribution is 0.0996. The van der Waals surface area contributed by atoms with Gasteiger partial charge >= 0.3 is 0 Å². The molecule has 2 aromatic heterocycles. The van der Waals surface area contributed by atoms with Crippen LogP contribution in [0.15, 0.2) is 48.5 Å². The van der Waals surface area contributed by atoms with Gasteiger partial charge in [0.05, 0.1) is 16.7 Å². The molecule has 0 atom stereocenters. The van der Waals surface area contributed by atoms with E-state index in [0.717, 1.165) is 38.6 Å². The van der Waals surface area contributed by atoms with Gasteiger partial charge in [0.1, 0.15) is 5.69 Å². The van der Waals surface area contributed by atoms with Crippen molar-refractivity contribution in [2.24, 2.45) is 5.73 Å². The van der Waals surface area contributed by atoms with E-state index in [2.05, 4.69) is 15.2 Å². The van der Waals surface area contributed by atoms with Crippen molar-refractivity contribution in [3.05, 3.63) is 59.9 Å².